The summed E-state index contributed by atoms with van der Waals surface area (Å²) in [5.74, 6) is 0.0860. The molecule has 1 aliphatic carbocycles. The van der Waals surface area contributed by atoms with Gasteiger partial charge >= 0.3 is 0 Å². The van der Waals surface area contributed by atoms with E-state index in [-0.39, 0.29) is 35.1 Å². The molecule has 12 heteroatoms. The van der Waals surface area contributed by atoms with Gasteiger partial charge in [0.05, 0.1) is 23.3 Å². The fourth-order valence-electron chi connectivity index (χ4n) is 7.07. The molecular formula is C40H34CmFN6O4-. The van der Waals surface area contributed by atoms with Crippen LogP contribution in [0, 0.1) is 17.8 Å². The summed E-state index contributed by atoms with van der Waals surface area (Å²) >= 11 is 0. The van der Waals surface area contributed by atoms with Gasteiger partial charge in [0, 0.05) is 50.7 Å². The predicted molar refractivity (Wildman–Crippen MR) is 190 cm³/mol. The first-order valence-corrected chi connectivity index (χ1v) is 16.5. The summed E-state index contributed by atoms with van der Waals surface area (Å²) in [6.45, 7) is 0.766. The van der Waals surface area contributed by atoms with Crippen molar-refractivity contribution in [3.05, 3.63) is 126 Å². The van der Waals surface area contributed by atoms with Crippen LogP contribution < -0.4 is 10.1 Å². The molecule has 2 aliphatic rings. The summed E-state index contributed by atoms with van der Waals surface area (Å²) < 4.78 is 28.0. The molecule has 0 saturated heterocycles. The molecule has 3 aromatic heterocycles. The number of likely N-dealkylation sites (N-methyl/N-ethyl adjacent to an activating group) is 1. The first-order chi connectivity index (χ1) is 24.6. The number of nitrogens with one attached hydrogen (secondary N) is 1. The number of amides is 1. The van der Waals surface area contributed by atoms with Crippen LogP contribution in [0.5, 0.6) is 11.5 Å². The molecule has 6 aromatic rings. The first-order valence-electron chi connectivity index (χ1n) is 16.5. The maximum absolute atomic E-state index is 13.5. The Hall–Kier alpha value is -7.07. The second-order valence-corrected chi connectivity index (χ2v) is 13.3. The van der Waals surface area contributed by atoms with E-state index in [1.165, 1.54) is 18.3 Å². The van der Waals surface area contributed by atoms with Crippen molar-refractivity contribution in [2.24, 2.45) is 13.0 Å². The van der Waals surface area contributed by atoms with Gasteiger partial charge in [-0.15, -0.1) is 0 Å². The summed E-state index contributed by atoms with van der Waals surface area (Å²) in [6.07, 6.45) is 6.77. The molecular weight excluding hydrogens is 894 g/mol. The van der Waals surface area contributed by atoms with E-state index in [0.29, 0.717) is 34.0 Å². The Labute approximate surface area is 293 Å². The second kappa shape index (κ2) is 13.0. The van der Waals surface area contributed by atoms with Crippen LogP contribution in [0.4, 0.5) is 10.1 Å². The number of hydrogen-bond donors (Lipinski definition) is 1. The molecule has 3 unspecified atom stereocenters. The van der Waals surface area contributed by atoms with Crippen molar-refractivity contribution in [2.75, 3.05) is 26.5 Å². The zero-order valence-corrected chi connectivity index (χ0v) is 31.7. The van der Waals surface area contributed by atoms with E-state index in [1.54, 1.807) is 53.5 Å². The molecule has 1 amide bonds. The molecule has 1 saturated carbocycles. The maximum Gasteiger partial charge on any atom is 0.260 e. The van der Waals surface area contributed by atoms with E-state index in [0.717, 1.165) is 34.4 Å². The van der Waals surface area contributed by atoms with Gasteiger partial charge in [0.2, 0.25) is 0 Å². The van der Waals surface area contributed by atoms with Crippen molar-refractivity contribution in [3.8, 4) is 33.9 Å². The number of hydrogen-bond acceptors (Lipinski definition) is 8. The number of rotatable bonds is 9. The minimum atomic E-state index is -0.490. The fraction of sp³-hybridized carbons (Fsp3) is 0.200. The summed E-state index contributed by atoms with van der Waals surface area (Å²) in [5.41, 5.74) is 5.57. The number of aromatic nitrogens is 3. The number of ether oxygens (including phenoxy) is 1. The number of carbonyl (C=O) groups excluding carboxylic acids is 2. The Balaban J connectivity index is 0.00000420. The SMILES string of the molecule is CN(C)Cc1cccc(-c2c(-c3cnn(C)c3)oc3nc[c-]c(Oc4ccc(NC(=O)C5=CN(C)C6C(C5=O)C6c5ccc(F)cc5)cc4)c23)c1.[Cm]. The second-order valence-electron chi connectivity index (χ2n) is 13.3. The normalized spacial score (nSPS) is 17.8. The van der Waals surface area contributed by atoms with Gasteiger partial charge in [0.1, 0.15) is 23.0 Å². The number of carbonyl (C=O) groups is 2. The van der Waals surface area contributed by atoms with E-state index < -0.39 is 5.91 Å². The third-order valence-corrected chi connectivity index (χ3v) is 9.36. The molecule has 3 atom stereocenters. The topological polar surface area (TPSA) is 106 Å². The number of furan rings is 1. The number of benzene rings is 3. The third-order valence-electron chi connectivity index (χ3n) is 9.36. The summed E-state index contributed by atoms with van der Waals surface area (Å²) in [6, 6.07) is 24.5. The zero-order chi connectivity index (χ0) is 35.4. The van der Waals surface area contributed by atoms with E-state index in [1.807, 2.05) is 51.4 Å². The van der Waals surface area contributed by atoms with Crippen LogP contribution in [-0.2, 0) is 23.2 Å². The summed E-state index contributed by atoms with van der Waals surface area (Å²) in [5, 5.41) is 7.88. The third kappa shape index (κ3) is 6.02. The van der Waals surface area contributed by atoms with Crippen LogP contribution in [0.1, 0.15) is 17.0 Å². The summed E-state index contributed by atoms with van der Waals surface area (Å²) in [4.78, 5) is 35.2. The van der Waals surface area contributed by atoms with Crippen LogP contribution in [0.2, 0.25) is 0 Å². The van der Waals surface area contributed by atoms with Crippen LogP contribution in [-0.4, -0.2) is 63.4 Å². The van der Waals surface area contributed by atoms with E-state index in [4.69, 9.17) is 9.15 Å². The van der Waals surface area contributed by atoms with E-state index >= 15 is 0 Å². The van der Waals surface area contributed by atoms with Gasteiger partial charge in [0.15, 0.2) is 5.78 Å². The molecule has 10 nitrogen and oxygen atoms in total. The van der Waals surface area contributed by atoms with Crippen LogP contribution >= 0.6 is 0 Å². The average Bonchev–Trinajstić information content (AvgIpc) is 3.52. The van der Waals surface area contributed by atoms with Crippen molar-refractivity contribution in [3.63, 3.8) is 0 Å². The molecule has 3 aromatic carbocycles. The smallest absolute Gasteiger partial charge is 0.260 e. The van der Waals surface area contributed by atoms with Gasteiger partial charge in [-0.25, -0.2) is 4.39 Å². The number of aryl methyl sites for hydroxylation is 1. The van der Waals surface area contributed by atoms with Crippen molar-refractivity contribution in [2.45, 2.75) is 18.5 Å². The molecule has 52 heavy (non-hydrogen) atoms. The van der Waals surface area contributed by atoms with E-state index in [9.17, 15) is 14.0 Å². The standard InChI is InChI=1S/C40H34FN6O4.Cm/c1-45(2)20-23-6-5-7-25(18-23)33-34-31(16-17-42-40(34)51-38(33)26-19-43-47(4)21-26)50-29-14-12-28(13-15-29)44-39(49)30-22-46(3)36-32(35(36)37(30)48)24-8-10-27(41)11-9-24;/h5-15,17-19,21-22,32,35-36H,20H2,1-4H3,(H,44,49);/q-1;. The Morgan fingerprint density at radius 3 is 2.52 bits per heavy atom. The first kappa shape index (κ1) is 33.4. The molecule has 4 heterocycles. The molecule has 264 valence electrons. The van der Waals surface area contributed by atoms with Crippen molar-refractivity contribution < 1.29 is 23.1 Å². The minimum Gasteiger partial charge on any atom is -0.495 e. The van der Waals surface area contributed by atoms with Crippen LogP contribution in [0.15, 0.2) is 108 Å². The average molecular weight is 929 g/mol. The minimum absolute atomic E-state index is 0. The molecule has 0 spiro atoms. The van der Waals surface area contributed by atoms with Gasteiger partial charge < -0.3 is 24.3 Å². The molecule has 0 bridgehead atoms. The quantitative estimate of drug-likeness (QED) is 0.125. The zero-order valence-electron chi connectivity index (χ0n) is 28.8. The fourth-order valence-corrected chi connectivity index (χ4v) is 7.07. The molecule has 1 N–H and O–H groups in total. The number of nitrogens with zero attached hydrogens (tertiary/aromatic N) is 5. The summed E-state index contributed by atoms with van der Waals surface area (Å²) in [7, 11) is 7.77. The Kier molecular flexibility index (Phi) is 8.35. The van der Waals surface area contributed by atoms with E-state index in [2.05, 4.69) is 38.5 Å². The number of halogens is 1. The largest absolute Gasteiger partial charge is 0.495 e. The van der Waals surface area contributed by atoms with Gasteiger partial charge in [-0.3, -0.25) is 19.3 Å². The predicted octanol–water partition coefficient (Wildman–Crippen LogP) is 6.81. The van der Waals surface area contributed by atoms with Crippen molar-refractivity contribution in [1.82, 2.24) is 24.6 Å². The van der Waals surface area contributed by atoms with Gasteiger partial charge in [-0.1, -0.05) is 48.0 Å². The molecule has 1 fully saturated rings. The van der Waals surface area contributed by atoms with Crippen LogP contribution in [0.3, 0.4) is 0 Å². The molecule has 8 rings (SSSR count). The van der Waals surface area contributed by atoms with Gasteiger partial charge in [-0.05, 0) is 78.5 Å². The number of fused-ring (bicyclic) bond motifs is 2. The maximum atomic E-state index is 13.5. The Morgan fingerprint density at radius 1 is 1.04 bits per heavy atom. The Morgan fingerprint density at radius 2 is 1.81 bits per heavy atom. The molecule has 1 aliphatic heterocycles. The van der Waals surface area contributed by atoms with Crippen LogP contribution in [0.25, 0.3) is 33.6 Å². The Bertz CT molecular complexity index is 2330. The number of ketones is 1. The number of pyridine rings is 1. The van der Waals surface area contributed by atoms with Crippen molar-refractivity contribution in [1.29, 1.82) is 0 Å². The van der Waals surface area contributed by atoms with Gasteiger partial charge in [-0.2, -0.15) is 11.2 Å². The molecule has 0 radical (unpaired) electrons. The number of anilines is 1. The van der Waals surface area contributed by atoms with Crippen molar-refractivity contribution >= 4 is 28.5 Å². The monoisotopic (exact) mass is 924 g/mol. The van der Waals surface area contributed by atoms with Gasteiger partial charge in [0.25, 0.3) is 5.91 Å². The number of Topliss-reactive ketones (excluding diaryl/α,β-unsaturated/α-hetero) is 1.